The lowest BCUT2D eigenvalue weighted by atomic mass is 9.85. The number of β-amino-alcohol motifs (C(OH)–C–C–N with tert-alkyl or cyclic N) is 1. The van der Waals surface area contributed by atoms with Crippen LogP contribution in [0.4, 0.5) is 5.69 Å². The number of carbonyl (C=O) groups excluding carboxylic acids is 8. The lowest BCUT2D eigenvalue weighted by molar-refractivity contribution is -0.144. The minimum atomic E-state index is -1.07. The Morgan fingerprint density at radius 1 is 0.870 bits per heavy atom. The molecule has 69 heavy (non-hydrogen) atoms. The second-order valence-electron chi connectivity index (χ2n) is 17.7. The van der Waals surface area contributed by atoms with Gasteiger partial charge in [-0.05, 0) is 42.0 Å². The predicted molar refractivity (Wildman–Crippen MR) is 250 cm³/mol. The highest BCUT2D eigenvalue weighted by Gasteiger charge is 2.46. The number of nitrogens with zero attached hydrogens (tertiary/aromatic N) is 3. The summed E-state index contributed by atoms with van der Waals surface area (Å²) in [7, 11) is 0. The van der Waals surface area contributed by atoms with Crippen LogP contribution >= 0.6 is 11.3 Å². The SMILES string of the molecule is Cc1ncsc1-c1ccc(CNC(=O)[C@@H]2C[C@@H](O)CN2C(=O)[C@@H](NC(=O)COCCOCCOCCOCC(=O)NCCNc2cccc3c2C(=O)N(C2CCC(=O)NC2=O)C3=O)C(C)(C)C)cc1. The Labute approximate surface area is 403 Å². The van der Waals surface area contributed by atoms with E-state index in [4.69, 9.17) is 18.9 Å². The standard InChI is InChI=1S/C47H60N8O13S/c1-28-40(69-27-51-28)30-10-8-29(9-11-30)23-50-42(60)35-22-31(56)24-54(35)46(64)41(47(2,3)4)52-38(59)26-68-21-19-66-17-16-65-18-20-67-25-37(58)49-15-14-48-33-7-5-6-32-39(33)45(63)55(44(32)62)34-12-13-36(57)53-43(34)61/h5-11,27,31,34-35,41,48,56H,12-26H2,1-4H3,(H,49,58)(H,50,60)(H,52,59)(H,53,57,61)/t31-,34?,35+,41-/m1/s1. The number of piperidine rings is 1. The molecule has 3 aliphatic rings. The number of rotatable bonds is 24. The first-order chi connectivity index (χ1) is 33.0. The van der Waals surface area contributed by atoms with Gasteiger partial charge in [-0.3, -0.25) is 48.6 Å². The molecule has 1 aromatic heterocycles. The number of ether oxygens (including phenoxy) is 4. The van der Waals surface area contributed by atoms with E-state index >= 15 is 0 Å². The molecule has 0 radical (unpaired) electrons. The van der Waals surface area contributed by atoms with Crippen molar-refractivity contribution in [3.63, 3.8) is 0 Å². The minimum Gasteiger partial charge on any atom is -0.391 e. The molecule has 0 aliphatic carbocycles. The topological polar surface area (TPSA) is 273 Å². The van der Waals surface area contributed by atoms with E-state index < -0.39 is 71.0 Å². The number of fused-ring (bicyclic) bond motifs is 1. The number of hydrogen-bond acceptors (Lipinski definition) is 16. The monoisotopic (exact) mass is 976 g/mol. The van der Waals surface area contributed by atoms with Crippen LogP contribution in [-0.4, -0.2) is 164 Å². The molecule has 22 heteroatoms. The van der Waals surface area contributed by atoms with Crippen molar-refractivity contribution in [3.05, 3.63) is 70.4 Å². The summed E-state index contributed by atoms with van der Waals surface area (Å²) in [6.45, 7) is 8.50. The average Bonchev–Trinajstić information content (AvgIpc) is 4.00. The summed E-state index contributed by atoms with van der Waals surface area (Å²) >= 11 is 1.56. The molecular formula is C47H60N8O13S. The molecule has 0 saturated carbocycles. The molecule has 3 aromatic rings. The van der Waals surface area contributed by atoms with Crippen LogP contribution < -0.4 is 26.6 Å². The average molecular weight is 977 g/mol. The highest BCUT2D eigenvalue weighted by atomic mass is 32.1. The lowest BCUT2D eigenvalue weighted by Crippen LogP contribution is -2.58. The van der Waals surface area contributed by atoms with E-state index in [0.717, 1.165) is 26.6 Å². The van der Waals surface area contributed by atoms with Crippen molar-refractivity contribution in [1.82, 2.24) is 36.1 Å². The summed E-state index contributed by atoms with van der Waals surface area (Å²) in [6.07, 6.45) is -0.753. The normalized spacial score (nSPS) is 18.5. The van der Waals surface area contributed by atoms with E-state index in [0.29, 0.717) is 5.69 Å². The molecule has 1 unspecified atom stereocenters. The fourth-order valence-electron chi connectivity index (χ4n) is 7.98. The van der Waals surface area contributed by atoms with E-state index in [1.165, 1.54) is 11.0 Å². The smallest absolute Gasteiger partial charge is 0.264 e. The van der Waals surface area contributed by atoms with Gasteiger partial charge in [-0.25, -0.2) is 4.98 Å². The molecule has 3 aliphatic heterocycles. The van der Waals surface area contributed by atoms with E-state index in [1.54, 1.807) is 49.8 Å². The van der Waals surface area contributed by atoms with Gasteiger partial charge in [0.25, 0.3) is 11.8 Å². The lowest BCUT2D eigenvalue weighted by Gasteiger charge is -2.35. The molecule has 4 atom stereocenters. The van der Waals surface area contributed by atoms with Gasteiger partial charge >= 0.3 is 0 Å². The van der Waals surface area contributed by atoms with Crippen molar-refractivity contribution < 1.29 is 62.4 Å². The van der Waals surface area contributed by atoms with Crippen LogP contribution in [0.2, 0.25) is 0 Å². The number of aromatic nitrogens is 1. The second kappa shape index (κ2) is 24.4. The molecule has 8 amide bonds. The number of likely N-dealkylation sites (tertiary alicyclic amines) is 1. The van der Waals surface area contributed by atoms with Gasteiger partial charge in [0, 0.05) is 44.7 Å². The Morgan fingerprint density at radius 3 is 2.17 bits per heavy atom. The number of thiazole rings is 1. The number of benzene rings is 2. The summed E-state index contributed by atoms with van der Waals surface area (Å²) in [6, 6.07) is 9.53. The first-order valence-corrected chi connectivity index (χ1v) is 23.6. The number of anilines is 1. The maximum Gasteiger partial charge on any atom is 0.264 e. The fraction of sp³-hybridized carbons (Fsp3) is 0.511. The Kier molecular flexibility index (Phi) is 18.5. The van der Waals surface area contributed by atoms with Crippen LogP contribution in [0, 0.1) is 12.3 Å². The quantitative estimate of drug-likeness (QED) is 0.0538. The number of amides is 8. The number of aliphatic hydroxyl groups excluding tert-OH is 1. The number of nitrogens with one attached hydrogen (secondary N) is 5. The van der Waals surface area contributed by atoms with Crippen molar-refractivity contribution in [2.75, 3.05) is 77.8 Å². The summed E-state index contributed by atoms with van der Waals surface area (Å²) in [4.78, 5) is 110. The van der Waals surface area contributed by atoms with Crippen molar-refractivity contribution in [3.8, 4) is 10.4 Å². The van der Waals surface area contributed by atoms with Crippen LogP contribution in [0.25, 0.3) is 10.4 Å². The molecular weight excluding hydrogens is 917 g/mol. The molecule has 4 heterocycles. The van der Waals surface area contributed by atoms with Gasteiger partial charge in [0.05, 0.1) is 73.0 Å². The zero-order valence-electron chi connectivity index (χ0n) is 39.1. The number of imide groups is 2. The van der Waals surface area contributed by atoms with Gasteiger partial charge in [-0.2, -0.15) is 0 Å². The molecule has 2 aromatic carbocycles. The maximum atomic E-state index is 13.9. The van der Waals surface area contributed by atoms with Crippen molar-refractivity contribution in [1.29, 1.82) is 0 Å². The Bertz CT molecular complexity index is 2350. The van der Waals surface area contributed by atoms with E-state index in [2.05, 4.69) is 31.6 Å². The molecule has 2 saturated heterocycles. The van der Waals surface area contributed by atoms with Crippen molar-refractivity contribution in [2.24, 2.45) is 5.41 Å². The molecule has 6 rings (SSSR count). The van der Waals surface area contributed by atoms with Gasteiger partial charge in [-0.15, -0.1) is 11.3 Å². The molecule has 0 spiro atoms. The van der Waals surface area contributed by atoms with Gasteiger partial charge in [-0.1, -0.05) is 51.1 Å². The van der Waals surface area contributed by atoms with Crippen LogP contribution in [0.1, 0.15) is 72.0 Å². The number of aryl methyl sites for hydroxylation is 1. The third kappa shape index (κ3) is 14.0. The van der Waals surface area contributed by atoms with Crippen molar-refractivity contribution in [2.45, 2.75) is 77.7 Å². The summed E-state index contributed by atoms with van der Waals surface area (Å²) in [5.41, 5.74) is 4.57. The fourth-order valence-corrected chi connectivity index (χ4v) is 8.79. The number of aliphatic hydroxyl groups is 1. The molecule has 0 bridgehead atoms. The molecule has 2 fully saturated rings. The zero-order chi connectivity index (χ0) is 49.7. The van der Waals surface area contributed by atoms with E-state index in [9.17, 15) is 43.5 Å². The Morgan fingerprint density at radius 2 is 1.54 bits per heavy atom. The van der Waals surface area contributed by atoms with Crippen LogP contribution in [0.3, 0.4) is 0 Å². The first kappa shape index (κ1) is 52.2. The largest absolute Gasteiger partial charge is 0.391 e. The van der Waals surface area contributed by atoms with Crippen molar-refractivity contribution >= 4 is 64.3 Å². The van der Waals surface area contributed by atoms with E-state index in [1.807, 2.05) is 31.2 Å². The van der Waals surface area contributed by atoms with Crippen LogP contribution in [-0.2, 0) is 54.3 Å². The van der Waals surface area contributed by atoms with Gasteiger partial charge in [0.1, 0.15) is 31.3 Å². The second-order valence-corrected chi connectivity index (χ2v) is 18.6. The summed E-state index contributed by atoms with van der Waals surface area (Å²) in [5.74, 6) is -4.16. The summed E-state index contributed by atoms with van der Waals surface area (Å²) in [5, 5.41) is 24.1. The number of carbonyl (C=O) groups is 8. The third-order valence-corrected chi connectivity index (χ3v) is 12.5. The summed E-state index contributed by atoms with van der Waals surface area (Å²) < 4.78 is 21.8. The highest BCUT2D eigenvalue weighted by Crippen LogP contribution is 2.33. The van der Waals surface area contributed by atoms with Gasteiger partial charge < -0.3 is 50.2 Å². The molecule has 6 N–H and O–H groups in total. The minimum absolute atomic E-state index is 0.0192. The number of hydrogen-bond donors (Lipinski definition) is 6. The first-order valence-electron chi connectivity index (χ1n) is 22.7. The van der Waals surface area contributed by atoms with Gasteiger partial charge in [0.2, 0.25) is 35.4 Å². The molecule has 372 valence electrons. The maximum absolute atomic E-state index is 13.9. The third-order valence-electron chi connectivity index (χ3n) is 11.5. The zero-order valence-corrected chi connectivity index (χ0v) is 39.9. The van der Waals surface area contributed by atoms with E-state index in [-0.39, 0.29) is 115 Å². The van der Waals surface area contributed by atoms with Gasteiger partial charge in [0.15, 0.2) is 0 Å². The molecule has 21 nitrogen and oxygen atoms in total. The van der Waals surface area contributed by atoms with Crippen LogP contribution in [0.5, 0.6) is 0 Å². The predicted octanol–water partition coefficient (Wildman–Crippen LogP) is 0.923. The highest BCUT2D eigenvalue weighted by molar-refractivity contribution is 7.13. The van der Waals surface area contributed by atoms with Crippen LogP contribution in [0.15, 0.2) is 48.0 Å². The Hall–Kier alpha value is -6.17. The Balaban J connectivity index is 0.793.